The quantitative estimate of drug-likeness (QED) is 0.763. The van der Waals surface area contributed by atoms with E-state index in [0.717, 1.165) is 24.5 Å². The fourth-order valence-corrected chi connectivity index (χ4v) is 2.29. The van der Waals surface area contributed by atoms with Gasteiger partial charge in [-0.2, -0.15) is 0 Å². The SMILES string of the molecule is COCC(O)CNCc1ccc(N2CCCC2)nc1. The van der Waals surface area contributed by atoms with Gasteiger partial charge in [-0.25, -0.2) is 4.98 Å². The molecular weight excluding hydrogens is 242 g/mol. The highest BCUT2D eigenvalue weighted by Gasteiger charge is 2.12. The molecule has 2 rings (SSSR count). The molecule has 5 nitrogen and oxygen atoms in total. The third kappa shape index (κ3) is 4.45. The molecule has 1 fully saturated rings. The first-order chi connectivity index (χ1) is 9.29. The first-order valence-electron chi connectivity index (χ1n) is 6.87. The van der Waals surface area contributed by atoms with E-state index >= 15 is 0 Å². The Morgan fingerprint density at radius 3 is 2.84 bits per heavy atom. The lowest BCUT2D eigenvalue weighted by Crippen LogP contribution is -2.29. The predicted molar refractivity (Wildman–Crippen MR) is 75.3 cm³/mol. The summed E-state index contributed by atoms with van der Waals surface area (Å²) >= 11 is 0. The molecule has 1 aromatic heterocycles. The number of ether oxygens (including phenoxy) is 1. The van der Waals surface area contributed by atoms with E-state index in [2.05, 4.69) is 27.3 Å². The van der Waals surface area contributed by atoms with E-state index in [0.29, 0.717) is 19.7 Å². The number of aromatic nitrogens is 1. The van der Waals surface area contributed by atoms with Crippen LogP contribution in [0.5, 0.6) is 0 Å². The van der Waals surface area contributed by atoms with E-state index in [1.807, 2.05) is 6.20 Å². The van der Waals surface area contributed by atoms with Crippen LogP contribution in [0, 0.1) is 0 Å². The van der Waals surface area contributed by atoms with Gasteiger partial charge >= 0.3 is 0 Å². The molecule has 0 radical (unpaired) electrons. The summed E-state index contributed by atoms with van der Waals surface area (Å²) in [6.07, 6.45) is 3.98. The van der Waals surface area contributed by atoms with Crippen molar-refractivity contribution >= 4 is 5.82 Å². The first-order valence-corrected chi connectivity index (χ1v) is 6.87. The summed E-state index contributed by atoms with van der Waals surface area (Å²) < 4.78 is 4.87. The average Bonchev–Trinajstić information content (AvgIpc) is 2.94. The van der Waals surface area contributed by atoms with Crippen molar-refractivity contribution in [3.8, 4) is 0 Å². The van der Waals surface area contributed by atoms with Gasteiger partial charge in [-0.05, 0) is 24.5 Å². The summed E-state index contributed by atoms with van der Waals surface area (Å²) in [5.41, 5.74) is 1.13. The molecule has 1 aliphatic heterocycles. The number of hydrogen-bond donors (Lipinski definition) is 2. The molecule has 1 aromatic rings. The number of nitrogens with zero attached hydrogens (tertiary/aromatic N) is 2. The molecule has 1 aliphatic rings. The summed E-state index contributed by atoms with van der Waals surface area (Å²) in [7, 11) is 1.59. The van der Waals surface area contributed by atoms with Crippen LogP contribution in [0.15, 0.2) is 18.3 Å². The van der Waals surface area contributed by atoms with Crippen LogP contribution in [0.4, 0.5) is 5.82 Å². The maximum atomic E-state index is 9.51. The molecule has 0 aliphatic carbocycles. The number of aliphatic hydroxyl groups is 1. The van der Waals surface area contributed by atoms with Crippen molar-refractivity contribution in [1.82, 2.24) is 10.3 Å². The summed E-state index contributed by atoms with van der Waals surface area (Å²) in [5, 5.41) is 12.7. The molecule has 19 heavy (non-hydrogen) atoms. The van der Waals surface area contributed by atoms with Gasteiger partial charge in [0.05, 0.1) is 12.7 Å². The van der Waals surface area contributed by atoms with Crippen molar-refractivity contribution in [3.05, 3.63) is 23.9 Å². The molecule has 1 saturated heterocycles. The van der Waals surface area contributed by atoms with Crippen LogP contribution in [0.2, 0.25) is 0 Å². The Kier molecular flexibility index (Phi) is 5.57. The molecule has 0 spiro atoms. The molecule has 106 valence electrons. The van der Waals surface area contributed by atoms with Crippen LogP contribution in [-0.2, 0) is 11.3 Å². The normalized spacial score (nSPS) is 16.8. The molecule has 0 saturated carbocycles. The number of rotatable bonds is 7. The topological polar surface area (TPSA) is 57.6 Å². The largest absolute Gasteiger partial charge is 0.389 e. The van der Waals surface area contributed by atoms with Crippen molar-refractivity contribution in [3.63, 3.8) is 0 Å². The summed E-state index contributed by atoms with van der Waals surface area (Å²) in [4.78, 5) is 6.81. The highest BCUT2D eigenvalue weighted by molar-refractivity contribution is 5.40. The number of methoxy groups -OCH3 is 1. The molecule has 1 atom stereocenters. The van der Waals surface area contributed by atoms with Crippen molar-refractivity contribution in [2.45, 2.75) is 25.5 Å². The van der Waals surface area contributed by atoms with E-state index in [-0.39, 0.29) is 0 Å². The van der Waals surface area contributed by atoms with Gasteiger partial charge in [0.1, 0.15) is 5.82 Å². The van der Waals surface area contributed by atoms with Gasteiger partial charge in [0.2, 0.25) is 0 Å². The van der Waals surface area contributed by atoms with Gasteiger partial charge in [-0.3, -0.25) is 0 Å². The van der Waals surface area contributed by atoms with E-state index in [1.54, 1.807) is 7.11 Å². The van der Waals surface area contributed by atoms with Gasteiger partial charge in [0.25, 0.3) is 0 Å². The lowest BCUT2D eigenvalue weighted by atomic mass is 10.2. The third-order valence-electron chi connectivity index (χ3n) is 3.31. The smallest absolute Gasteiger partial charge is 0.128 e. The highest BCUT2D eigenvalue weighted by Crippen LogP contribution is 2.17. The lowest BCUT2D eigenvalue weighted by Gasteiger charge is -2.16. The van der Waals surface area contributed by atoms with Crippen LogP contribution in [0.25, 0.3) is 0 Å². The van der Waals surface area contributed by atoms with E-state index in [9.17, 15) is 5.11 Å². The fraction of sp³-hybridized carbons (Fsp3) is 0.643. The Labute approximate surface area is 114 Å². The van der Waals surface area contributed by atoms with E-state index in [1.165, 1.54) is 12.8 Å². The Bertz CT molecular complexity index is 363. The average molecular weight is 265 g/mol. The first kappa shape index (κ1) is 14.2. The maximum Gasteiger partial charge on any atom is 0.128 e. The molecule has 2 N–H and O–H groups in total. The van der Waals surface area contributed by atoms with Gasteiger partial charge in [0.15, 0.2) is 0 Å². The second-order valence-corrected chi connectivity index (χ2v) is 4.96. The molecule has 5 heteroatoms. The Morgan fingerprint density at radius 1 is 1.42 bits per heavy atom. The van der Waals surface area contributed by atoms with E-state index < -0.39 is 6.10 Å². The van der Waals surface area contributed by atoms with Gasteiger partial charge in [-0.1, -0.05) is 6.07 Å². The minimum Gasteiger partial charge on any atom is -0.389 e. The molecule has 0 amide bonds. The van der Waals surface area contributed by atoms with Gasteiger partial charge in [0, 0.05) is 39.5 Å². The zero-order chi connectivity index (χ0) is 13.5. The minimum atomic E-state index is -0.457. The number of hydrogen-bond acceptors (Lipinski definition) is 5. The standard InChI is InChI=1S/C14H23N3O2/c1-19-11-13(18)10-15-8-12-4-5-14(16-9-12)17-6-2-3-7-17/h4-5,9,13,15,18H,2-3,6-8,10-11H2,1H3. The van der Waals surface area contributed by atoms with Crippen molar-refractivity contribution in [1.29, 1.82) is 0 Å². The summed E-state index contributed by atoms with van der Waals surface area (Å²) in [6, 6.07) is 4.17. The molecule has 1 unspecified atom stereocenters. The molecule has 0 aromatic carbocycles. The van der Waals surface area contributed by atoms with Gasteiger partial charge in [-0.15, -0.1) is 0 Å². The monoisotopic (exact) mass is 265 g/mol. The number of anilines is 1. The van der Waals surface area contributed by atoms with Crippen LogP contribution >= 0.6 is 0 Å². The predicted octanol–water partition coefficient (Wildman–Crippen LogP) is 0.779. The van der Waals surface area contributed by atoms with Crippen molar-refractivity contribution < 1.29 is 9.84 Å². The lowest BCUT2D eigenvalue weighted by molar-refractivity contribution is 0.0644. The molecule has 0 bridgehead atoms. The van der Waals surface area contributed by atoms with Crippen LogP contribution in [0.1, 0.15) is 18.4 Å². The summed E-state index contributed by atoms with van der Waals surface area (Å²) in [5.74, 6) is 1.07. The van der Waals surface area contributed by atoms with Crippen molar-refractivity contribution in [2.24, 2.45) is 0 Å². The van der Waals surface area contributed by atoms with Crippen molar-refractivity contribution in [2.75, 3.05) is 38.3 Å². The molecule has 2 heterocycles. The minimum absolute atomic E-state index is 0.360. The highest BCUT2D eigenvalue weighted by atomic mass is 16.5. The summed E-state index contributed by atoms with van der Waals surface area (Å²) in [6.45, 7) is 3.84. The van der Waals surface area contributed by atoms with Gasteiger partial charge < -0.3 is 20.1 Å². The second kappa shape index (κ2) is 7.43. The molecular formula is C14H23N3O2. The second-order valence-electron chi connectivity index (χ2n) is 4.96. The van der Waals surface area contributed by atoms with Crippen LogP contribution in [-0.4, -0.2) is 49.5 Å². The van der Waals surface area contributed by atoms with Crippen LogP contribution < -0.4 is 10.2 Å². The Morgan fingerprint density at radius 2 is 2.21 bits per heavy atom. The fourth-order valence-electron chi connectivity index (χ4n) is 2.29. The Hall–Kier alpha value is -1.17. The Balaban J connectivity index is 1.75. The van der Waals surface area contributed by atoms with E-state index in [4.69, 9.17) is 4.74 Å². The zero-order valence-corrected chi connectivity index (χ0v) is 11.5. The number of aliphatic hydroxyl groups excluding tert-OH is 1. The number of pyridine rings is 1. The zero-order valence-electron chi connectivity index (χ0n) is 11.5. The van der Waals surface area contributed by atoms with Crippen LogP contribution in [0.3, 0.4) is 0 Å². The maximum absolute atomic E-state index is 9.51. The number of nitrogens with one attached hydrogen (secondary N) is 1. The third-order valence-corrected chi connectivity index (χ3v) is 3.31.